The average molecular weight is 261 g/mol. The number of methoxy groups -OCH3 is 1. The Hall–Kier alpha value is -2.01. The molecule has 0 saturated carbocycles. The Balaban J connectivity index is 1.88. The lowest BCUT2D eigenvalue weighted by molar-refractivity contribution is 0.403. The van der Waals surface area contributed by atoms with Gasteiger partial charge in [0.25, 0.3) is 0 Å². The molecule has 0 spiro atoms. The van der Waals surface area contributed by atoms with E-state index in [-0.39, 0.29) is 11.8 Å². The maximum atomic E-state index is 9.85. The number of ether oxygens (including phenoxy) is 1. The van der Waals surface area contributed by atoms with Crippen LogP contribution < -0.4 is 10.1 Å². The van der Waals surface area contributed by atoms with Gasteiger partial charge in [0.1, 0.15) is 11.5 Å². The van der Waals surface area contributed by atoms with Gasteiger partial charge in [0.15, 0.2) is 0 Å². The molecule has 0 aliphatic carbocycles. The van der Waals surface area contributed by atoms with E-state index < -0.39 is 0 Å². The third-order valence-corrected chi connectivity index (χ3v) is 2.95. The first-order chi connectivity index (χ1) is 9.19. The normalized spacial score (nSPS) is 12.3. The number of rotatable bonds is 6. The summed E-state index contributed by atoms with van der Waals surface area (Å²) in [5, 5.41) is 17.4. The summed E-state index contributed by atoms with van der Waals surface area (Å²) in [6.45, 7) is 3.49. The van der Waals surface area contributed by atoms with Gasteiger partial charge in [-0.1, -0.05) is 6.07 Å². The molecule has 102 valence electrons. The summed E-state index contributed by atoms with van der Waals surface area (Å²) < 4.78 is 6.93. The molecule has 0 amide bonds. The third-order valence-electron chi connectivity index (χ3n) is 2.95. The van der Waals surface area contributed by atoms with Crippen LogP contribution in [-0.4, -0.2) is 28.0 Å². The van der Waals surface area contributed by atoms with Gasteiger partial charge >= 0.3 is 0 Å². The molecule has 0 aliphatic rings. The number of aromatic hydroxyl groups is 1. The summed E-state index contributed by atoms with van der Waals surface area (Å²) in [7, 11) is 1.58. The van der Waals surface area contributed by atoms with Crippen molar-refractivity contribution < 1.29 is 9.84 Å². The predicted molar refractivity (Wildman–Crippen MR) is 73.2 cm³/mol. The van der Waals surface area contributed by atoms with Crippen LogP contribution in [0.15, 0.2) is 36.7 Å². The molecule has 1 heterocycles. The lowest BCUT2D eigenvalue weighted by Gasteiger charge is -2.15. The number of phenols is 1. The lowest BCUT2D eigenvalue weighted by Crippen LogP contribution is -2.30. The number of hydrogen-bond acceptors (Lipinski definition) is 4. The second-order valence-electron chi connectivity index (χ2n) is 4.50. The van der Waals surface area contributed by atoms with Crippen molar-refractivity contribution in [3.8, 4) is 11.5 Å². The minimum absolute atomic E-state index is 0.248. The van der Waals surface area contributed by atoms with E-state index in [0.717, 1.165) is 12.1 Å². The second kappa shape index (κ2) is 6.24. The Morgan fingerprint density at radius 3 is 2.95 bits per heavy atom. The van der Waals surface area contributed by atoms with Crippen LogP contribution in [0.4, 0.5) is 0 Å². The molecule has 0 aliphatic heterocycles. The highest BCUT2D eigenvalue weighted by atomic mass is 16.5. The van der Waals surface area contributed by atoms with E-state index in [1.54, 1.807) is 19.4 Å². The van der Waals surface area contributed by atoms with E-state index in [9.17, 15) is 5.11 Å². The van der Waals surface area contributed by atoms with Crippen LogP contribution in [0.3, 0.4) is 0 Å². The van der Waals surface area contributed by atoms with Crippen LogP contribution in [0.2, 0.25) is 0 Å². The summed E-state index contributed by atoms with van der Waals surface area (Å²) in [6, 6.07) is 7.50. The molecule has 2 rings (SSSR count). The zero-order valence-corrected chi connectivity index (χ0v) is 11.2. The Bertz CT molecular complexity index is 511. The maximum absolute atomic E-state index is 9.85. The molecule has 2 aromatic rings. The molecule has 0 bridgehead atoms. The summed E-state index contributed by atoms with van der Waals surface area (Å²) in [4.78, 5) is 0. The minimum Gasteiger partial charge on any atom is -0.507 e. The summed E-state index contributed by atoms with van der Waals surface area (Å²) in [6.07, 6.45) is 3.70. The summed E-state index contributed by atoms with van der Waals surface area (Å²) in [5.74, 6) is 0.906. The molecule has 0 saturated heterocycles. The van der Waals surface area contributed by atoms with Crippen LogP contribution in [-0.2, 0) is 13.1 Å². The molecule has 5 heteroatoms. The van der Waals surface area contributed by atoms with Crippen molar-refractivity contribution in [2.75, 3.05) is 7.11 Å². The van der Waals surface area contributed by atoms with Crippen molar-refractivity contribution >= 4 is 0 Å². The van der Waals surface area contributed by atoms with Crippen molar-refractivity contribution in [2.24, 2.45) is 0 Å². The first-order valence-corrected chi connectivity index (χ1v) is 6.25. The van der Waals surface area contributed by atoms with Crippen molar-refractivity contribution in [1.82, 2.24) is 15.1 Å². The number of phenolic OH excluding ortho intramolecular Hbond substituents is 1. The Labute approximate surface area is 112 Å². The highest BCUT2D eigenvalue weighted by molar-refractivity contribution is 5.39. The quantitative estimate of drug-likeness (QED) is 0.832. The van der Waals surface area contributed by atoms with Gasteiger partial charge in [-0.15, -0.1) is 0 Å². The fraction of sp³-hybridized carbons (Fsp3) is 0.357. The van der Waals surface area contributed by atoms with E-state index in [4.69, 9.17) is 4.74 Å². The number of benzene rings is 1. The Morgan fingerprint density at radius 2 is 2.32 bits per heavy atom. The molecule has 5 nitrogen and oxygen atoms in total. The third kappa shape index (κ3) is 3.72. The molecular weight excluding hydrogens is 242 g/mol. The van der Waals surface area contributed by atoms with Gasteiger partial charge in [-0.25, -0.2) is 0 Å². The highest BCUT2D eigenvalue weighted by Gasteiger charge is 2.06. The van der Waals surface area contributed by atoms with E-state index in [1.165, 1.54) is 0 Å². The maximum Gasteiger partial charge on any atom is 0.123 e. The molecular formula is C14H19N3O2. The lowest BCUT2D eigenvalue weighted by atomic mass is 10.2. The topological polar surface area (TPSA) is 59.3 Å². The first-order valence-electron chi connectivity index (χ1n) is 6.25. The van der Waals surface area contributed by atoms with Crippen molar-refractivity contribution in [3.63, 3.8) is 0 Å². The van der Waals surface area contributed by atoms with E-state index in [1.807, 2.05) is 29.1 Å². The molecule has 1 atom stereocenters. The summed E-state index contributed by atoms with van der Waals surface area (Å²) in [5.41, 5.74) is 0.855. The number of nitrogens with one attached hydrogen (secondary N) is 1. The minimum atomic E-state index is 0.248. The molecule has 0 fully saturated rings. The molecule has 1 aromatic heterocycles. The van der Waals surface area contributed by atoms with Gasteiger partial charge < -0.3 is 15.2 Å². The van der Waals surface area contributed by atoms with Gasteiger partial charge in [0.05, 0.1) is 13.7 Å². The number of aromatic nitrogens is 2. The van der Waals surface area contributed by atoms with Crippen LogP contribution in [0.5, 0.6) is 11.5 Å². The van der Waals surface area contributed by atoms with Crippen molar-refractivity contribution in [2.45, 2.75) is 26.1 Å². The van der Waals surface area contributed by atoms with Gasteiger partial charge in [0, 0.05) is 36.6 Å². The monoisotopic (exact) mass is 261 g/mol. The van der Waals surface area contributed by atoms with Crippen molar-refractivity contribution in [1.29, 1.82) is 0 Å². The van der Waals surface area contributed by atoms with Gasteiger partial charge in [-0.3, -0.25) is 4.68 Å². The molecule has 1 unspecified atom stereocenters. The number of hydrogen-bond donors (Lipinski definition) is 2. The van der Waals surface area contributed by atoms with Gasteiger partial charge in [0.2, 0.25) is 0 Å². The van der Waals surface area contributed by atoms with Crippen LogP contribution in [0.1, 0.15) is 12.5 Å². The average Bonchev–Trinajstić information content (AvgIpc) is 2.90. The fourth-order valence-electron chi connectivity index (χ4n) is 1.86. The number of nitrogens with zero attached hydrogens (tertiary/aromatic N) is 2. The molecule has 19 heavy (non-hydrogen) atoms. The zero-order chi connectivity index (χ0) is 13.7. The fourth-order valence-corrected chi connectivity index (χ4v) is 1.86. The summed E-state index contributed by atoms with van der Waals surface area (Å²) >= 11 is 0. The van der Waals surface area contributed by atoms with E-state index >= 15 is 0 Å². The van der Waals surface area contributed by atoms with Gasteiger partial charge in [-0.2, -0.15) is 5.10 Å². The standard InChI is InChI=1S/C14H19N3O2/c1-11(10-17-7-3-6-16-17)15-9-12-4-5-13(19-2)8-14(12)18/h3-8,11,15,18H,9-10H2,1-2H3. The predicted octanol–water partition coefficient (Wildman–Crippen LogP) is 1.78. The van der Waals surface area contributed by atoms with Crippen LogP contribution >= 0.6 is 0 Å². The smallest absolute Gasteiger partial charge is 0.123 e. The van der Waals surface area contributed by atoms with Crippen molar-refractivity contribution in [3.05, 3.63) is 42.2 Å². The Kier molecular flexibility index (Phi) is 4.41. The Morgan fingerprint density at radius 1 is 1.47 bits per heavy atom. The first kappa shape index (κ1) is 13.4. The zero-order valence-electron chi connectivity index (χ0n) is 11.2. The van der Waals surface area contributed by atoms with E-state index in [2.05, 4.69) is 17.3 Å². The SMILES string of the molecule is COc1ccc(CNC(C)Cn2cccn2)c(O)c1. The van der Waals surface area contributed by atoms with Gasteiger partial charge in [-0.05, 0) is 19.1 Å². The molecule has 0 radical (unpaired) electrons. The highest BCUT2D eigenvalue weighted by Crippen LogP contribution is 2.23. The largest absolute Gasteiger partial charge is 0.507 e. The van der Waals surface area contributed by atoms with Crippen LogP contribution in [0.25, 0.3) is 0 Å². The molecule has 1 aromatic carbocycles. The second-order valence-corrected chi connectivity index (χ2v) is 4.50. The van der Waals surface area contributed by atoms with E-state index in [0.29, 0.717) is 12.3 Å². The molecule has 2 N–H and O–H groups in total. The van der Waals surface area contributed by atoms with Crippen LogP contribution in [0, 0.1) is 0 Å².